The topological polar surface area (TPSA) is 102 Å². The van der Waals surface area contributed by atoms with E-state index < -0.39 is 20.6 Å². The van der Waals surface area contributed by atoms with Crippen LogP contribution >= 0.6 is 0 Å². The van der Waals surface area contributed by atoms with Crippen molar-refractivity contribution in [1.82, 2.24) is 10.6 Å². The Hall–Kier alpha value is -2.09. The van der Waals surface area contributed by atoms with Gasteiger partial charge in [0.1, 0.15) is 5.75 Å². The zero-order chi connectivity index (χ0) is 20.0. The van der Waals surface area contributed by atoms with Crippen LogP contribution in [0.5, 0.6) is 5.75 Å². The first-order valence-corrected chi connectivity index (χ1v) is 11.6. The molecule has 28 heavy (non-hydrogen) atoms. The van der Waals surface area contributed by atoms with Gasteiger partial charge in [0, 0.05) is 13.0 Å². The van der Waals surface area contributed by atoms with E-state index in [-0.39, 0.29) is 30.6 Å². The normalized spacial score (nSPS) is 22.5. The van der Waals surface area contributed by atoms with Crippen LogP contribution in [0.15, 0.2) is 30.3 Å². The standard InChI is InChI=1S/C20H28N2O5S/c23-18(13-17-9-6-12-28(17,25)26)21-15-20(10-4-5-11-20)22-19(24)14-27-16-7-2-1-3-8-16/h1-3,7-8,17H,4-6,9-15H2,(H,21,23)(H,22,24). The SMILES string of the molecule is O=C(CC1CCCS1(=O)=O)NCC1(NC(=O)COc2ccccc2)CCCC1. The van der Waals surface area contributed by atoms with Gasteiger partial charge in [-0.1, -0.05) is 31.0 Å². The molecule has 1 heterocycles. The molecule has 1 saturated heterocycles. The summed E-state index contributed by atoms with van der Waals surface area (Å²) in [5.74, 6) is 0.311. The maximum atomic E-state index is 12.4. The Labute approximate surface area is 166 Å². The van der Waals surface area contributed by atoms with Gasteiger partial charge in [-0.3, -0.25) is 9.59 Å². The van der Waals surface area contributed by atoms with Gasteiger partial charge in [-0.05, 0) is 37.8 Å². The number of carbonyl (C=O) groups is 2. The number of para-hydroxylation sites is 1. The lowest BCUT2D eigenvalue weighted by Crippen LogP contribution is -2.55. The van der Waals surface area contributed by atoms with E-state index in [0.29, 0.717) is 25.1 Å². The summed E-state index contributed by atoms with van der Waals surface area (Å²) in [5, 5.41) is 5.31. The average Bonchev–Trinajstić information content (AvgIpc) is 3.26. The van der Waals surface area contributed by atoms with Crippen LogP contribution in [-0.4, -0.2) is 49.9 Å². The summed E-state index contributed by atoms with van der Waals surface area (Å²) < 4.78 is 29.3. The highest BCUT2D eigenvalue weighted by atomic mass is 32.2. The minimum absolute atomic E-state index is 0.00345. The minimum Gasteiger partial charge on any atom is -0.484 e. The lowest BCUT2D eigenvalue weighted by molar-refractivity contribution is -0.126. The molecule has 0 aromatic heterocycles. The fourth-order valence-electron chi connectivity index (χ4n) is 4.03. The van der Waals surface area contributed by atoms with E-state index in [4.69, 9.17) is 4.74 Å². The van der Waals surface area contributed by atoms with Gasteiger partial charge in [0.05, 0.1) is 16.5 Å². The van der Waals surface area contributed by atoms with Crippen LogP contribution in [0.25, 0.3) is 0 Å². The first-order valence-electron chi connectivity index (χ1n) is 9.86. The van der Waals surface area contributed by atoms with Crippen molar-refractivity contribution in [1.29, 1.82) is 0 Å². The van der Waals surface area contributed by atoms with Crippen molar-refractivity contribution >= 4 is 21.7 Å². The molecule has 154 valence electrons. The Morgan fingerprint density at radius 1 is 1.07 bits per heavy atom. The van der Waals surface area contributed by atoms with E-state index in [1.807, 2.05) is 18.2 Å². The fourth-order valence-corrected chi connectivity index (χ4v) is 5.86. The molecule has 7 nitrogen and oxygen atoms in total. The van der Waals surface area contributed by atoms with E-state index >= 15 is 0 Å². The summed E-state index contributed by atoms with van der Waals surface area (Å²) >= 11 is 0. The molecule has 1 aliphatic heterocycles. The second kappa shape index (κ2) is 8.94. The Bertz CT molecular complexity index is 788. The average molecular weight is 409 g/mol. The van der Waals surface area contributed by atoms with E-state index in [1.54, 1.807) is 12.1 Å². The number of rotatable bonds is 8. The lowest BCUT2D eigenvalue weighted by atomic mass is 9.97. The highest BCUT2D eigenvalue weighted by Gasteiger charge is 2.37. The van der Waals surface area contributed by atoms with Crippen molar-refractivity contribution < 1.29 is 22.7 Å². The number of sulfone groups is 1. The Morgan fingerprint density at radius 3 is 2.43 bits per heavy atom. The predicted octanol–water partition coefficient (Wildman–Crippen LogP) is 1.58. The predicted molar refractivity (Wildman–Crippen MR) is 106 cm³/mol. The van der Waals surface area contributed by atoms with E-state index in [2.05, 4.69) is 10.6 Å². The van der Waals surface area contributed by atoms with E-state index in [9.17, 15) is 18.0 Å². The molecule has 2 amide bonds. The molecule has 8 heteroatoms. The number of ether oxygens (including phenoxy) is 1. The fraction of sp³-hybridized carbons (Fsp3) is 0.600. The molecule has 1 unspecified atom stereocenters. The third-order valence-corrected chi connectivity index (χ3v) is 7.85. The van der Waals surface area contributed by atoms with Gasteiger partial charge in [-0.15, -0.1) is 0 Å². The van der Waals surface area contributed by atoms with E-state index in [1.165, 1.54) is 0 Å². The van der Waals surface area contributed by atoms with Gasteiger partial charge in [-0.25, -0.2) is 8.42 Å². The molecule has 0 spiro atoms. The van der Waals surface area contributed by atoms with Gasteiger partial charge in [0.25, 0.3) is 5.91 Å². The van der Waals surface area contributed by atoms with Crippen LogP contribution in [-0.2, 0) is 19.4 Å². The third-order valence-electron chi connectivity index (χ3n) is 5.58. The molecule has 2 aliphatic rings. The zero-order valence-electron chi connectivity index (χ0n) is 16.0. The number of carbonyl (C=O) groups excluding carboxylic acids is 2. The van der Waals surface area contributed by atoms with Crippen LogP contribution in [0.4, 0.5) is 0 Å². The van der Waals surface area contributed by atoms with Gasteiger partial charge < -0.3 is 15.4 Å². The number of hydrogen-bond acceptors (Lipinski definition) is 5. The highest BCUT2D eigenvalue weighted by Crippen LogP contribution is 2.29. The molecule has 0 bridgehead atoms. The van der Waals surface area contributed by atoms with E-state index in [0.717, 1.165) is 25.7 Å². The summed E-state index contributed by atoms with van der Waals surface area (Å²) in [6, 6.07) is 9.13. The molecule has 1 aliphatic carbocycles. The Kier molecular flexibility index (Phi) is 6.59. The third kappa shape index (κ3) is 5.47. The quantitative estimate of drug-likeness (QED) is 0.680. The smallest absolute Gasteiger partial charge is 0.258 e. The van der Waals surface area contributed by atoms with Crippen LogP contribution in [0.2, 0.25) is 0 Å². The first kappa shape index (κ1) is 20.6. The molecule has 1 saturated carbocycles. The Morgan fingerprint density at radius 2 is 1.79 bits per heavy atom. The molecule has 2 fully saturated rings. The second-order valence-corrected chi connectivity index (χ2v) is 10.2. The molecule has 1 atom stereocenters. The van der Waals surface area contributed by atoms with Crippen LogP contribution in [0, 0.1) is 0 Å². The van der Waals surface area contributed by atoms with Crippen molar-refractivity contribution in [3.8, 4) is 5.75 Å². The van der Waals surface area contributed by atoms with Crippen molar-refractivity contribution in [2.24, 2.45) is 0 Å². The molecule has 1 aromatic rings. The van der Waals surface area contributed by atoms with Crippen molar-refractivity contribution in [2.75, 3.05) is 18.9 Å². The Balaban J connectivity index is 1.49. The number of hydrogen-bond donors (Lipinski definition) is 2. The van der Waals surface area contributed by atoms with Gasteiger partial charge in [0.15, 0.2) is 16.4 Å². The molecule has 0 radical (unpaired) electrons. The summed E-state index contributed by atoms with van der Waals surface area (Å²) in [5.41, 5.74) is -0.485. The molecule has 2 N–H and O–H groups in total. The first-order chi connectivity index (χ1) is 13.4. The molecular formula is C20H28N2O5S. The second-order valence-electron chi connectivity index (χ2n) is 7.75. The highest BCUT2D eigenvalue weighted by molar-refractivity contribution is 7.92. The molecular weight excluding hydrogens is 380 g/mol. The number of nitrogens with one attached hydrogen (secondary N) is 2. The summed E-state index contributed by atoms with van der Waals surface area (Å²) in [4.78, 5) is 24.6. The van der Waals surface area contributed by atoms with Gasteiger partial charge in [0.2, 0.25) is 5.91 Å². The van der Waals surface area contributed by atoms with Crippen molar-refractivity contribution in [3.05, 3.63) is 30.3 Å². The maximum absolute atomic E-state index is 12.4. The van der Waals surface area contributed by atoms with Crippen LogP contribution in [0.1, 0.15) is 44.9 Å². The summed E-state index contributed by atoms with van der Waals surface area (Å²) in [6.07, 6.45) is 4.71. The van der Waals surface area contributed by atoms with Gasteiger partial charge >= 0.3 is 0 Å². The maximum Gasteiger partial charge on any atom is 0.258 e. The number of benzene rings is 1. The summed E-state index contributed by atoms with van der Waals surface area (Å²) in [7, 11) is -3.13. The van der Waals surface area contributed by atoms with Crippen molar-refractivity contribution in [3.63, 3.8) is 0 Å². The largest absolute Gasteiger partial charge is 0.484 e. The van der Waals surface area contributed by atoms with Crippen LogP contribution in [0.3, 0.4) is 0 Å². The number of amides is 2. The lowest BCUT2D eigenvalue weighted by Gasteiger charge is -2.31. The minimum atomic E-state index is -3.13. The monoisotopic (exact) mass is 408 g/mol. The summed E-state index contributed by atoms with van der Waals surface area (Å²) in [6.45, 7) is 0.232. The molecule has 1 aromatic carbocycles. The van der Waals surface area contributed by atoms with Crippen LogP contribution < -0.4 is 15.4 Å². The van der Waals surface area contributed by atoms with Gasteiger partial charge in [-0.2, -0.15) is 0 Å². The van der Waals surface area contributed by atoms with Crippen molar-refractivity contribution in [2.45, 2.75) is 55.7 Å². The zero-order valence-corrected chi connectivity index (χ0v) is 16.8. The molecule has 3 rings (SSSR count).